The molecule has 12 heteroatoms. The zero-order chi connectivity index (χ0) is 25.7. The van der Waals surface area contributed by atoms with Crippen molar-refractivity contribution in [2.75, 3.05) is 19.8 Å². The molecule has 1 aromatic rings. The van der Waals surface area contributed by atoms with Crippen LogP contribution in [0.3, 0.4) is 0 Å². The second-order valence-electron chi connectivity index (χ2n) is 7.34. The molecule has 0 radical (unpaired) electrons. The van der Waals surface area contributed by atoms with Gasteiger partial charge in [-0.25, -0.2) is 9.59 Å². The maximum atomic E-state index is 12.3. The number of benzene rings is 1. The van der Waals surface area contributed by atoms with E-state index < -0.39 is 68.0 Å². The van der Waals surface area contributed by atoms with E-state index in [1.54, 1.807) is 37.3 Å². The standard InChI is InChI=1S/C22H32N2O10/c1-3-33-21(31)13(2)9-15(26)18(20(30)19(29)16(27)11-25)24-17(28)10-23-22(32)34-12-14-7-5-4-6-8-14/h4-8,15-16,18-20,25-27,29-30H,2-3,9-12H2,1H3,(H,23,32)(H,24,28)/t15-,16+,18+,19+,20+/m0/s1. The first-order valence-corrected chi connectivity index (χ1v) is 10.5. The molecule has 0 bridgehead atoms. The Kier molecular flexibility index (Phi) is 12.8. The van der Waals surface area contributed by atoms with Crippen LogP contribution in [0, 0.1) is 0 Å². The first kappa shape index (κ1) is 29.0. The van der Waals surface area contributed by atoms with Gasteiger partial charge in [0.2, 0.25) is 5.91 Å². The second-order valence-corrected chi connectivity index (χ2v) is 7.34. The second kappa shape index (κ2) is 15.0. The highest BCUT2D eigenvalue weighted by Crippen LogP contribution is 2.15. The fraction of sp³-hybridized carbons (Fsp3) is 0.500. The summed E-state index contributed by atoms with van der Waals surface area (Å²) in [7, 11) is 0. The molecule has 0 spiro atoms. The Morgan fingerprint density at radius 1 is 1.00 bits per heavy atom. The minimum absolute atomic E-state index is 0.0322. The van der Waals surface area contributed by atoms with Crippen LogP contribution in [-0.2, 0) is 25.7 Å². The Morgan fingerprint density at radius 2 is 1.65 bits per heavy atom. The highest BCUT2D eigenvalue weighted by atomic mass is 16.5. The van der Waals surface area contributed by atoms with Crippen LogP contribution in [0.15, 0.2) is 42.5 Å². The fourth-order valence-electron chi connectivity index (χ4n) is 2.82. The molecule has 0 aromatic heterocycles. The zero-order valence-corrected chi connectivity index (χ0v) is 18.8. The van der Waals surface area contributed by atoms with Crippen molar-refractivity contribution in [1.29, 1.82) is 0 Å². The van der Waals surface area contributed by atoms with Gasteiger partial charge < -0.3 is 45.6 Å². The van der Waals surface area contributed by atoms with Gasteiger partial charge in [0, 0.05) is 12.0 Å². The van der Waals surface area contributed by atoms with Gasteiger partial charge in [0.05, 0.1) is 25.4 Å². The van der Waals surface area contributed by atoms with Crippen molar-refractivity contribution in [3.63, 3.8) is 0 Å². The molecular weight excluding hydrogens is 452 g/mol. The Balaban J connectivity index is 2.74. The van der Waals surface area contributed by atoms with Crippen molar-refractivity contribution >= 4 is 18.0 Å². The molecule has 0 saturated heterocycles. The number of alkyl carbamates (subject to hydrolysis) is 1. The molecule has 0 heterocycles. The first-order valence-electron chi connectivity index (χ1n) is 10.5. The Bertz CT molecular complexity index is 804. The molecule has 34 heavy (non-hydrogen) atoms. The van der Waals surface area contributed by atoms with Crippen LogP contribution in [0.1, 0.15) is 18.9 Å². The summed E-state index contributed by atoms with van der Waals surface area (Å²) in [6.45, 7) is 3.56. The lowest BCUT2D eigenvalue weighted by Gasteiger charge is -2.32. The molecule has 190 valence electrons. The molecule has 7 N–H and O–H groups in total. The number of carbonyl (C=O) groups is 3. The van der Waals surface area contributed by atoms with Crippen molar-refractivity contribution in [2.45, 2.75) is 50.4 Å². The number of carbonyl (C=O) groups excluding carboxylic acids is 3. The summed E-state index contributed by atoms with van der Waals surface area (Å²) < 4.78 is 9.74. The molecule has 0 unspecified atom stereocenters. The molecule has 1 aromatic carbocycles. The van der Waals surface area contributed by atoms with Gasteiger partial charge in [-0.2, -0.15) is 0 Å². The van der Waals surface area contributed by atoms with Crippen LogP contribution in [0.4, 0.5) is 4.79 Å². The summed E-state index contributed by atoms with van der Waals surface area (Å²) >= 11 is 0. The van der Waals surface area contributed by atoms with Crippen LogP contribution in [0.5, 0.6) is 0 Å². The number of aliphatic hydroxyl groups excluding tert-OH is 5. The monoisotopic (exact) mass is 484 g/mol. The van der Waals surface area contributed by atoms with Crippen LogP contribution in [-0.4, -0.2) is 93.7 Å². The molecule has 0 fully saturated rings. The highest BCUT2D eigenvalue weighted by molar-refractivity contribution is 5.87. The Labute approximate surface area is 196 Å². The summed E-state index contributed by atoms with van der Waals surface area (Å²) in [5.74, 6) is -1.69. The van der Waals surface area contributed by atoms with Crippen LogP contribution >= 0.6 is 0 Å². The number of aliphatic hydroxyl groups is 5. The average Bonchev–Trinajstić information content (AvgIpc) is 2.83. The Hall–Kier alpha value is -3.03. The Morgan fingerprint density at radius 3 is 2.24 bits per heavy atom. The third-order valence-electron chi connectivity index (χ3n) is 4.67. The smallest absolute Gasteiger partial charge is 0.407 e. The largest absolute Gasteiger partial charge is 0.463 e. The first-order chi connectivity index (χ1) is 16.1. The summed E-state index contributed by atoms with van der Waals surface area (Å²) in [5, 5.41) is 53.9. The number of amides is 2. The van der Waals surface area contributed by atoms with Crippen LogP contribution in [0.2, 0.25) is 0 Å². The lowest BCUT2D eigenvalue weighted by atomic mass is 9.93. The van der Waals surface area contributed by atoms with Gasteiger partial charge in [0.1, 0.15) is 31.5 Å². The number of nitrogens with one attached hydrogen (secondary N) is 2. The molecule has 0 aliphatic carbocycles. The predicted octanol–water partition coefficient (Wildman–Crippen LogP) is -1.66. The molecule has 0 saturated carbocycles. The van der Waals surface area contributed by atoms with Crippen molar-refractivity contribution in [3.8, 4) is 0 Å². The van der Waals surface area contributed by atoms with E-state index in [9.17, 15) is 34.8 Å². The minimum atomic E-state index is -1.96. The molecule has 12 nitrogen and oxygen atoms in total. The molecule has 2 amide bonds. The van der Waals surface area contributed by atoms with E-state index in [-0.39, 0.29) is 18.8 Å². The van der Waals surface area contributed by atoms with E-state index in [4.69, 9.17) is 14.6 Å². The van der Waals surface area contributed by atoms with Gasteiger partial charge in [-0.15, -0.1) is 0 Å². The zero-order valence-electron chi connectivity index (χ0n) is 18.8. The van der Waals surface area contributed by atoms with Gasteiger partial charge in [-0.1, -0.05) is 36.9 Å². The van der Waals surface area contributed by atoms with E-state index >= 15 is 0 Å². The summed E-state index contributed by atoms with van der Waals surface area (Å²) in [6.07, 6.45) is -8.69. The average molecular weight is 485 g/mol. The van der Waals surface area contributed by atoms with Gasteiger partial charge in [-0.3, -0.25) is 4.79 Å². The van der Waals surface area contributed by atoms with E-state index in [0.29, 0.717) is 0 Å². The topological polar surface area (TPSA) is 195 Å². The molecule has 1 rings (SSSR count). The third-order valence-corrected chi connectivity index (χ3v) is 4.67. The van der Waals surface area contributed by atoms with Crippen molar-refractivity contribution in [2.24, 2.45) is 0 Å². The number of ether oxygens (including phenoxy) is 2. The molecular formula is C22H32N2O10. The highest BCUT2D eigenvalue weighted by Gasteiger charge is 2.37. The quantitative estimate of drug-likeness (QED) is 0.119. The van der Waals surface area contributed by atoms with E-state index in [1.165, 1.54) is 0 Å². The predicted molar refractivity (Wildman–Crippen MR) is 118 cm³/mol. The maximum Gasteiger partial charge on any atom is 0.407 e. The van der Waals surface area contributed by atoms with Crippen molar-refractivity contribution < 1.29 is 49.4 Å². The van der Waals surface area contributed by atoms with Gasteiger partial charge in [-0.05, 0) is 12.5 Å². The van der Waals surface area contributed by atoms with E-state index in [2.05, 4.69) is 17.2 Å². The van der Waals surface area contributed by atoms with Crippen molar-refractivity contribution in [1.82, 2.24) is 10.6 Å². The van der Waals surface area contributed by atoms with Gasteiger partial charge >= 0.3 is 12.1 Å². The minimum Gasteiger partial charge on any atom is -0.463 e. The molecule has 5 atom stereocenters. The number of hydrogen-bond donors (Lipinski definition) is 7. The fourth-order valence-corrected chi connectivity index (χ4v) is 2.82. The lowest BCUT2D eigenvalue weighted by Crippen LogP contribution is -2.58. The normalized spacial score (nSPS) is 15.2. The van der Waals surface area contributed by atoms with Crippen LogP contribution < -0.4 is 10.6 Å². The number of rotatable bonds is 14. The van der Waals surface area contributed by atoms with E-state index in [1.807, 2.05) is 0 Å². The van der Waals surface area contributed by atoms with Crippen molar-refractivity contribution in [3.05, 3.63) is 48.0 Å². The summed E-state index contributed by atoms with van der Waals surface area (Å²) in [6, 6.07) is 7.19. The van der Waals surface area contributed by atoms with E-state index in [0.717, 1.165) is 5.56 Å². The molecule has 0 aliphatic heterocycles. The maximum absolute atomic E-state index is 12.3. The van der Waals surface area contributed by atoms with Crippen LogP contribution in [0.25, 0.3) is 0 Å². The summed E-state index contributed by atoms with van der Waals surface area (Å²) in [5.41, 5.74) is 0.562. The SMILES string of the molecule is C=C(C[C@H](O)[C@@H](NC(=O)CNC(=O)OCc1ccccc1)[C@@H](O)[C@H](O)[C@H](O)CO)C(=O)OCC. The summed E-state index contributed by atoms with van der Waals surface area (Å²) in [4.78, 5) is 35.9. The number of esters is 1. The lowest BCUT2D eigenvalue weighted by molar-refractivity contribution is -0.139. The third kappa shape index (κ3) is 9.85. The molecule has 0 aliphatic rings. The van der Waals surface area contributed by atoms with Gasteiger partial charge in [0.15, 0.2) is 0 Å². The van der Waals surface area contributed by atoms with Gasteiger partial charge in [0.25, 0.3) is 0 Å². The number of hydrogen-bond acceptors (Lipinski definition) is 10.